The van der Waals surface area contributed by atoms with Gasteiger partial charge in [0.1, 0.15) is 16.9 Å². The third kappa shape index (κ3) is 4.01. The molecule has 34 heavy (non-hydrogen) atoms. The molecule has 4 rings (SSSR count). The van der Waals surface area contributed by atoms with Gasteiger partial charge in [-0.15, -0.1) is 0 Å². The second-order valence-corrected chi connectivity index (χ2v) is 8.41. The zero-order chi connectivity index (χ0) is 24.6. The van der Waals surface area contributed by atoms with Gasteiger partial charge in [-0.3, -0.25) is 14.0 Å². The van der Waals surface area contributed by atoms with Crippen molar-refractivity contribution in [2.24, 2.45) is 4.99 Å². The molecule has 0 fully saturated rings. The monoisotopic (exact) mass is 478 g/mol. The molecule has 174 valence electrons. The lowest BCUT2D eigenvalue weighted by Gasteiger charge is -2.18. The molecule has 0 spiro atoms. The first-order valence-electron chi connectivity index (χ1n) is 10.8. The van der Waals surface area contributed by atoms with Gasteiger partial charge in [0, 0.05) is 12.2 Å². The Morgan fingerprint density at radius 2 is 1.85 bits per heavy atom. The standard InChI is InChI=1S/C25H23ClN4O4/c1-5-34-25(33)18-13-17-21(27-20-15(4)9-8-12-29(20)24(17)32)30(14(2)3)22(18)28-23(31)16-10-6-7-11-19(16)26/h6-14H,5H2,1-4H3. The van der Waals surface area contributed by atoms with Crippen molar-refractivity contribution in [2.45, 2.75) is 33.7 Å². The predicted molar refractivity (Wildman–Crippen MR) is 129 cm³/mol. The van der Waals surface area contributed by atoms with E-state index >= 15 is 0 Å². The fourth-order valence-corrected chi connectivity index (χ4v) is 4.02. The first-order chi connectivity index (χ1) is 16.2. The van der Waals surface area contributed by atoms with Crippen LogP contribution in [0, 0.1) is 6.92 Å². The Kier molecular flexibility index (Phi) is 6.34. The van der Waals surface area contributed by atoms with Crippen molar-refractivity contribution in [3.63, 3.8) is 0 Å². The van der Waals surface area contributed by atoms with Gasteiger partial charge in [-0.25, -0.2) is 9.78 Å². The van der Waals surface area contributed by atoms with Crippen LogP contribution >= 0.6 is 11.6 Å². The second-order valence-electron chi connectivity index (χ2n) is 8.00. The summed E-state index contributed by atoms with van der Waals surface area (Å²) >= 11 is 6.20. The predicted octanol–water partition coefficient (Wildman–Crippen LogP) is 4.11. The third-order valence-electron chi connectivity index (χ3n) is 5.37. The number of carbonyl (C=O) groups is 2. The number of hydrogen-bond donors (Lipinski definition) is 0. The zero-order valence-electron chi connectivity index (χ0n) is 19.2. The minimum atomic E-state index is -0.696. The Morgan fingerprint density at radius 1 is 1.12 bits per heavy atom. The summed E-state index contributed by atoms with van der Waals surface area (Å²) in [6, 6.07) is 11.2. The van der Waals surface area contributed by atoms with E-state index in [1.807, 2.05) is 26.8 Å². The van der Waals surface area contributed by atoms with Gasteiger partial charge < -0.3 is 9.30 Å². The third-order valence-corrected chi connectivity index (χ3v) is 5.70. The van der Waals surface area contributed by atoms with Crippen molar-refractivity contribution in [1.82, 2.24) is 14.0 Å². The Labute approximate surface area is 200 Å². The molecule has 0 saturated heterocycles. The van der Waals surface area contributed by atoms with E-state index < -0.39 is 11.9 Å². The molecule has 0 atom stereocenters. The van der Waals surface area contributed by atoms with Crippen molar-refractivity contribution in [1.29, 1.82) is 0 Å². The number of benzene rings is 1. The van der Waals surface area contributed by atoms with E-state index in [1.54, 1.807) is 48.0 Å². The van der Waals surface area contributed by atoms with Crippen molar-refractivity contribution in [2.75, 3.05) is 6.61 Å². The number of carbonyl (C=O) groups excluding carboxylic acids is 2. The van der Waals surface area contributed by atoms with E-state index in [0.717, 1.165) is 5.56 Å². The van der Waals surface area contributed by atoms with E-state index in [2.05, 4.69) is 4.99 Å². The van der Waals surface area contributed by atoms with Crippen molar-refractivity contribution < 1.29 is 14.3 Å². The summed E-state index contributed by atoms with van der Waals surface area (Å²) in [4.78, 5) is 48.5. The molecule has 0 aliphatic carbocycles. The Bertz CT molecular complexity index is 1580. The first kappa shape index (κ1) is 23.4. The van der Waals surface area contributed by atoms with Crippen LogP contribution in [0.3, 0.4) is 0 Å². The van der Waals surface area contributed by atoms with Crippen LogP contribution in [0.25, 0.3) is 16.7 Å². The summed E-state index contributed by atoms with van der Waals surface area (Å²) in [6.07, 6.45) is 1.63. The number of rotatable bonds is 4. The van der Waals surface area contributed by atoms with Crippen LogP contribution in [0.15, 0.2) is 58.4 Å². The molecule has 1 amide bonds. The minimum absolute atomic E-state index is 0.00467. The molecular formula is C25H23ClN4O4. The summed E-state index contributed by atoms with van der Waals surface area (Å²) in [5.74, 6) is -1.32. The van der Waals surface area contributed by atoms with Crippen LogP contribution in [0.1, 0.15) is 53.1 Å². The Morgan fingerprint density at radius 3 is 2.53 bits per heavy atom. The number of aromatic nitrogens is 3. The molecule has 0 aliphatic rings. The van der Waals surface area contributed by atoms with Crippen LogP contribution in [0.4, 0.5) is 0 Å². The van der Waals surface area contributed by atoms with Crippen molar-refractivity contribution in [3.05, 3.63) is 86.2 Å². The lowest BCUT2D eigenvalue weighted by atomic mass is 10.1. The molecule has 3 aromatic heterocycles. The van der Waals surface area contributed by atoms with Crippen molar-refractivity contribution in [3.8, 4) is 0 Å². The van der Waals surface area contributed by atoms with E-state index in [9.17, 15) is 14.4 Å². The fraction of sp³-hybridized carbons (Fsp3) is 0.240. The molecule has 0 N–H and O–H groups in total. The van der Waals surface area contributed by atoms with E-state index in [-0.39, 0.29) is 45.2 Å². The number of fused-ring (bicyclic) bond motifs is 2. The summed E-state index contributed by atoms with van der Waals surface area (Å²) in [5.41, 5.74) is 1.49. The van der Waals surface area contributed by atoms with Gasteiger partial charge in [-0.05, 0) is 57.5 Å². The summed E-state index contributed by atoms with van der Waals surface area (Å²) < 4.78 is 8.28. The van der Waals surface area contributed by atoms with E-state index in [4.69, 9.17) is 21.3 Å². The average molecular weight is 479 g/mol. The molecule has 0 bridgehead atoms. The molecule has 3 heterocycles. The number of ether oxygens (including phenoxy) is 1. The maximum Gasteiger partial charge on any atom is 0.341 e. The fourth-order valence-electron chi connectivity index (χ4n) is 3.80. The lowest BCUT2D eigenvalue weighted by molar-refractivity contribution is 0.0523. The minimum Gasteiger partial charge on any atom is -0.462 e. The molecule has 1 aromatic carbocycles. The number of pyridine rings is 2. The number of esters is 1. The van der Waals surface area contributed by atoms with E-state index in [0.29, 0.717) is 11.3 Å². The smallest absolute Gasteiger partial charge is 0.341 e. The first-order valence-corrected chi connectivity index (χ1v) is 11.2. The average Bonchev–Trinajstić information content (AvgIpc) is 2.79. The highest BCUT2D eigenvalue weighted by atomic mass is 35.5. The van der Waals surface area contributed by atoms with Gasteiger partial charge in [0.2, 0.25) is 0 Å². The number of hydrogen-bond acceptors (Lipinski definition) is 5. The van der Waals surface area contributed by atoms with Gasteiger partial charge in [0.05, 0.1) is 22.6 Å². The normalized spacial score (nSPS) is 12.0. The van der Waals surface area contributed by atoms with Crippen LogP contribution in [-0.4, -0.2) is 32.4 Å². The molecular weight excluding hydrogens is 456 g/mol. The summed E-state index contributed by atoms with van der Waals surface area (Å²) in [6.45, 7) is 7.36. The number of nitrogens with zero attached hydrogens (tertiary/aromatic N) is 4. The lowest BCUT2D eigenvalue weighted by Crippen LogP contribution is -2.33. The van der Waals surface area contributed by atoms with Crippen LogP contribution < -0.4 is 11.0 Å². The Hall–Kier alpha value is -3.78. The highest BCUT2D eigenvalue weighted by Crippen LogP contribution is 2.18. The van der Waals surface area contributed by atoms with Gasteiger partial charge in [0.15, 0.2) is 5.49 Å². The number of halogens is 1. The molecule has 0 unspecified atom stereocenters. The van der Waals surface area contributed by atoms with Crippen LogP contribution in [0.5, 0.6) is 0 Å². The molecule has 4 aromatic rings. The van der Waals surface area contributed by atoms with Gasteiger partial charge >= 0.3 is 5.97 Å². The highest BCUT2D eigenvalue weighted by molar-refractivity contribution is 6.33. The summed E-state index contributed by atoms with van der Waals surface area (Å²) in [7, 11) is 0. The van der Waals surface area contributed by atoms with Crippen LogP contribution in [0.2, 0.25) is 5.02 Å². The molecule has 9 heteroatoms. The molecule has 0 saturated carbocycles. The zero-order valence-corrected chi connectivity index (χ0v) is 20.0. The maximum absolute atomic E-state index is 13.4. The Balaban J connectivity index is 2.19. The number of aryl methyl sites for hydroxylation is 1. The van der Waals surface area contributed by atoms with E-state index in [1.165, 1.54) is 10.5 Å². The van der Waals surface area contributed by atoms with Crippen LogP contribution in [-0.2, 0) is 4.74 Å². The molecule has 0 radical (unpaired) electrons. The molecule has 0 aliphatic heterocycles. The largest absolute Gasteiger partial charge is 0.462 e. The van der Waals surface area contributed by atoms with Crippen molar-refractivity contribution >= 4 is 40.2 Å². The maximum atomic E-state index is 13.4. The summed E-state index contributed by atoms with van der Waals surface area (Å²) in [5, 5.41) is 0.452. The molecule has 8 nitrogen and oxygen atoms in total. The topological polar surface area (TPSA) is 95.0 Å². The number of amides is 1. The SMILES string of the molecule is CCOC(=O)c1cc2c(=O)n3cccc(C)c3nc2n(C(C)C)c1=NC(=O)c1ccccc1Cl. The quantitative estimate of drug-likeness (QED) is 0.325. The van der Waals surface area contributed by atoms with Gasteiger partial charge in [0.25, 0.3) is 11.5 Å². The highest BCUT2D eigenvalue weighted by Gasteiger charge is 2.22. The second kappa shape index (κ2) is 9.23. The van der Waals surface area contributed by atoms with Gasteiger partial charge in [-0.1, -0.05) is 29.8 Å². The van der Waals surface area contributed by atoms with Gasteiger partial charge in [-0.2, -0.15) is 4.99 Å².